The zero-order valence-corrected chi connectivity index (χ0v) is 13.3. The predicted octanol–water partition coefficient (Wildman–Crippen LogP) is -1.46. The highest BCUT2D eigenvalue weighted by Crippen LogP contribution is 2.20. The van der Waals surface area contributed by atoms with Crippen LogP contribution in [-0.2, 0) is 16.0 Å². The fourth-order valence-corrected chi connectivity index (χ4v) is 2.54. The Balaban J connectivity index is 1.89. The summed E-state index contributed by atoms with van der Waals surface area (Å²) in [5.41, 5.74) is 0.915. The van der Waals surface area contributed by atoms with Crippen molar-refractivity contribution in [2.45, 2.75) is 43.5 Å². The van der Waals surface area contributed by atoms with Gasteiger partial charge >= 0.3 is 0 Å². The summed E-state index contributed by atoms with van der Waals surface area (Å²) in [7, 11) is 1.56. The van der Waals surface area contributed by atoms with Crippen LogP contribution in [-0.4, -0.2) is 70.7 Å². The van der Waals surface area contributed by atoms with Gasteiger partial charge in [-0.15, -0.1) is 0 Å². The molecule has 0 spiro atoms. The molecule has 0 aromatic heterocycles. The summed E-state index contributed by atoms with van der Waals surface area (Å²) in [6, 6.07) is 7.31. The summed E-state index contributed by atoms with van der Waals surface area (Å²) >= 11 is 0. The molecule has 1 aliphatic rings. The van der Waals surface area contributed by atoms with Gasteiger partial charge in [-0.25, -0.2) is 0 Å². The van der Waals surface area contributed by atoms with Crippen LogP contribution >= 0.6 is 0 Å². The number of carbonyl (C=O) groups excluding carboxylic acids is 1. The quantitative estimate of drug-likeness (QED) is 0.428. The maximum absolute atomic E-state index is 12.0. The van der Waals surface area contributed by atoms with E-state index >= 15 is 0 Å². The summed E-state index contributed by atoms with van der Waals surface area (Å²) in [5, 5.41) is 40.8. The third-order valence-corrected chi connectivity index (χ3v) is 3.97. The van der Waals surface area contributed by atoms with Crippen molar-refractivity contribution in [3.8, 4) is 5.75 Å². The lowest BCUT2D eigenvalue weighted by Crippen LogP contribution is -2.63. The van der Waals surface area contributed by atoms with Gasteiger partial charge in [-0.2, -0.15) is 0 Å². The first-order chi connectivity index (χ1) is 11.5. The van der Waals surface area contributed by atoms with Crippen molar-refractivity contribution in [3.05, 3.63) is 29.8 Å². The van der Waals surface area contributed by atoms with Crippen LogP contribution in [0, 0.1) is 0 Å². The van der Waals surface area contributed by atoms with Crippen molar-refractivity contribution in [2.24, 2.45) is 0 Å². The van der Waals surface area contributed by atoms with Crippen LogP contribution in [0.25, 0.3) is 0 Å². The van der Waals surface area contributed by atoms with Crippen molar-refractivity contribution in [1.29, 1.82) is 0 Å². The number of rotatable bonds is 6. The highest BCUT2D eigenvalue weighted by Gasteiger charge is 2.43. The highest BCUT2D eigenvalue weighted by atomic mass is 16.6. The lowest BCUT2D eigenvalue weighted by Gasteiger charge is -2.40. The second kappa shape index (κ2) is 8.41. The van der Waals surface area contributed by atoms with Crippen LogP contribution < -0.4 is 10.1 Å². The second-order valence-electron chi connectivity index (χ2n) is 5.67. The van der Waals surface area contributed by atoms with Crippen molar-refractivity contribution >= 4 is 5.91 Å². The Hall–Kier alpha value is -1.71. The van der Waals surface area contributed by atoms with Crippen molar-refractivity contribution < 1.29 is 34.7 Å². The van der Waals surface area contributed by atoms with Gasteiger partial charge in [-0.3, -0.25) is 4.79 Å². The molecule has 8 heteroatoms. The summed E-state index contributed by atoms with van der Waals surface area (Å²) in [4.78, 5) is 12.0. The maximum Gasteiger partial charge on any atom is 0.222 e. The van der Waals surface area contributed by atoms with E-state index in [-0.39, 0.29) is 12.3 Å². The SMILES string of the molecule is COc1cccc(CCC(=O)N[C@@H]2O[C@H](CO)[C@H](O)[C@H](O)[C@H]2O)c1. The predicted molar refractivity (Wildman–Crippen MR) is 83.2 cm³/mol. The molecule has 1 amide bonds. The van der Waals surface area contributed by atoms with Crippen molar-refractivity contribution in [2.75, 3.05) is 13.7 Å². The fraction of sp³-hybridized carbons (Fsp3) is 0.562. The van der Waals surface area contributed by atoms with Crippen LogP contribution in [0.4, 0.5) is 0 Å². The maximum atomic E-state index is 12.0. The molecule has 24 heavy (non-hydrogen) atoms. The number of nitrogens with one attached hydrogen (secondary N) is 1. The summed E-state index contributed by atoms with van der Waals surface area (Å²) < 4.78 is 10.3. The minimum Gasteiger partial charge on any atom is -0.497 e. The normalized spacial score (nSPS) is 30.0. The average Bonchev–Trinajstić information content (AvgIpc) is 2.60. The highest BCUT2D eigenvalue weighted by molar-refractivity contribution is 5.76. The van der Waals surface area contributed by atoms with E-state index in [0.717, 1.165) is 5.56 Å². The van der Waals surface area contributed by atoms with E-state index in [1.54, 1.807) is 13.2 Å². The van der Waals surface area contributed by atoms with Gasteiger partial charge in [0.25, 0.3) is 0 Å². The molecule has 0 aliphatic carbocycles. The molecule has 1 fully saturated rings. The van der Waals surface area contributed by atoms with Crippen molar-refractivity contribution in [3.63, 3.8) is 0 Å². The first kappa shape index (κ1) is 18.6. The number of hydrogen-bond donors (Lipinski definition) is 5. The Morgan fingerprint density at radius 2 is 2.00 bits per heavy atom. The number of amides is 1. The van der Waals surface area contributed by atoms with Gasteiger partial charge in [-0.1, -0.05) is 12.1 Å². The number of aryl methyl sites for hydroxylation is 1. The van der Waals surface area contributed by atoms with E-state index in [0.29, 0.717) is 12.2 Å². The molecule has 8 nitrogen and oxygen atoms in total. The van der Waals surface area contributed by atoms with Crippen LogP contribution in [0.2, 0.25) is 0 Å². The summed E-state index contributed by atoms with van der Waals surface area (Å²) in [6.45, 7) is -0.541. The molecule has 1 saturated heterocycles. The van der Waals surface area contributed by atoms with E-state index in [2.05, 4.69) is 5.32 Å². The molecule has 1 heterocycles. The lowest BCUT2D eigenvalue weighted by molar-refractivity contribution is -0.235. The molecule has 0 bridgehead atoms. The summed E-state index contributed by atoms with van der Waals surface area (Å²) in [5.74, 6) is 0.309. The van der Waals surface area contributed by atoms with Gasteiger partial charge < -0.3 is 35.2 Å². The van der Waals surface area contributed by atoms with Gasteiger partial charge in [0.15, 0.2) is 6.23 Å². The van der Waals surface area contributed by atoms with Gasteiger partial charge in [0.05, 0.1) is 13.7 Å². The Morgan fingerprint density at radius 1 is 1.25 bits per heavy atom. The number of aliphatic hydroxyl groups is 4. The second-order valence-corrected chi connectivity index (χ2v) is 5.67. The third-order valence-electron chi connectivity index (χ3n) is 3.97. The van der Waals surface area contributed by atoms with Crippen LogP contribution in [0.5, 0.6) is 5.75 Å². The smallest absolute Gasteiger partial charge is 0.222 e. The van der Waals surface area contributed by atoms with Gasteiger partial charge in [0.2, 0.25) is 5.91 Å². The topological polar surface area (TPSA) is 128 Å². The molecule has 134 valence electrons. The molecule has 1 aromatic rings. The van der Waals surface area contributed by atoms with Crippen LogP contribution in [0.3, 0.4) is 0 Å². The van der Waals surface area contributed by atoms with Gasteiger partial charge in [-0.05, 0) is 24.1 Å². The number of ether oxygens (including phenoxy) is 2. The Morgan fingerprint density at radius 3 is 2.67 bits per heavy atom. The first-order valence-corrected chi connectivity index (χ1v) is 7.69. The number of aliphatic hydroxyl groups excluding tert-OH is 4. The number of methoxy groups -OCH3 is 1. The third kappa shape index (κ3) is 4.43. The van der Waals surface area contributed by atoms with Crippen molar-refractivity contribution in [1.82, 2.24) is 5.32 Å². The zero-order valence-electron chi connectivity index (χ0n) is 13.3. The largest absolute Gasteiger partial charge is 0.497 e. The molecule has 5 N–H and O–H groups in total. The molecule has 2 rings (SSSR count). The molecule has 0 radical (unpaired) electrons. The molecule has 0 saturated carbocycles. The van der Waals surface area contributed by atoms with E-state index < -0.39 is 37.3 Å². The Bertz CT molecular complexity index is 551. The van der Waals surface area contributed by atoms with E-state index in [4.69, 9.17) is 14.6 Å². The molecular formula is C16H23NO7. The number of benzene rings is 1. The molecule has 1 aromatic carbocycles. The lowest BCUT2D eigenvalue weighted by atomic mass is 9.98. The van der Waals surface area contributed by atoms with Gasteiger partial charge in [0.1, 0.15) is 30.2 Å². The number of carbonyl (C=O) groups is 1. The average molecular weight is 341 g/mol. The Labute approximate surface area is 139 Å². The monoisotopic (exact) mass is 341 g/mol. The fourth-order valence-electron chi connectivity index (χ4n) is 2.54. The van der Waals surface area contributed by atoms with Crippen LogP contribution in [0.1, 0.15) is 12.0 Å². The zero-order chi connectivity index (χ0) is 17.7. The van der Waals surface area contributed by atoms with E-state index in [1.807, 2.05) is 18.2 Å². The molecular weight excluding hydrogens is 318 g/mol. The minimum atomic E-state index is -1.51. The number of hydrogen-bond acceptors (Lipinski definition) is 7. The minimum absolute atomic E-state index is 0.141. The molecule has 1 aliphatic heterocycles. The Kier molecular flexibility index (Phi) is 6.52. The van der Waals surface area contributed by atoms with E-state index in [9.17, 15) is 20.1 Å². The molecule has 5 atom stereocenters. The van der Waals surface area contributed by atoms with Gasteiger partial charge in [0, 0.05) is 6.42 Å². The standard InChI is InChI=1S/C16H23NO7/c1-23-10-4-2-3-9(7-10)5-6-12(19)17-16-15(22)14(21)13(20)11(8-18)24-16/h2-4,7,11,13-16,18,20-22H,5-6,8H2,1H3,(H,17,19)/t11-,13+,14+,15-,16-/m1/s1. The van der Waals surface area contributed by atoms with E-state index in [1.165, 1.54) is 0 Å². The first-order valence-electron chi connectivity index (χ1n) is 7.69. The van der Waals surface area contributed by atoms with Crippen LogP contribution in [0.15, 0.2) is 24.3 Å². The molecule has 0 unspecified atom stereocenters. The summed E-state index contributed by atoms with van der Waals surface area (Å²) in [6.07, 6.45) is -6.09.